The quantitative estimate of drug-likeness (QED) is 0.856. The topological polar surface area (TPSA) is 55.6 Å². The average molecular weight is 304 g/mol. The summed E-state index contributed by atoms with van der Waals surface area (Å²) in [6, 6.07) is 3.45. The molecule has 2 aromatic heterocycles. The largest absolute Gasteiger partial charge is 0.459 e. The van der Waals surface area contributed by atoms with Crippen molar-refractivity contribution in [3.63, 3.8) is 0 Å². The summed E-state index contributed by atoms with van der Waals surface area (Å²) >= 11 is 1.64. The summed E-state index contributed by atoms with van der Waals surface area (Å²) < 4.78 is 11.3. The van der Waals surface area contributed by atoms with Crippen LogP contribution in [0.15, 0.2) is 34.4 Å². The van der Waals surface area contributed by atoms with Gasteiger partial charge in [0.15, 0.2) is 5.76 Å². The van der Waals surface area contributed by atoms with E-state index >= 15 is 0 Å². The minimum Gasteiger partial charge on any atom is -0.459 e. The van der Waals surface area contributed by atoms with E-state index in [1.54, 1.807) is 23.5 Å². The van der Waals surface area contributed by atoms with E-state index in [0.29, 0.717) is 18.2 Å². The number of fused-ring (bicyclic) bond motifs is 1. The fraction of sp³-hybridized carbons (Fsp3) is 0.467. The Morgan fingerprint density at radius 1 is 1.48 bits per heavy atom. The van der Waals surface area contributed by atoms with Gasteiger partial charge in [0.2, 0.25) is 0 Å². The molecule has 2 aromatic rings. The number of hydrogen-bond acceptors (Lipinski definition) is 5. The summed E-state index contributed by atoms with van der Waals surface area (Å²) in [4.78, 5) is 18.5. The Labute approximate surface area is 126 Å². The molecule has 0 aliphatic carbocycles. The molecule has 2 aliphatic rings. The third-order valence-corrected chi connectivity index (χ3v) is 5.17. The lowest BCUT2D eigenvalue weighted by atomic mass is 9.92. The van der Waals surface area contributed by atoms with Gasteiger partial charge in [-0.05, 0) is 30.9 Å². The molecule has 3 atom stereocenters. The highest BCUT2D eigenvalue weighted by atomic mass is 32.1. The minimum absolute atomic E-state index is 0.0419. The van der Waals surface area contributed by atoms with Crippen molar-refractivity contribution >= 4 is 17.2 Å². The van der Waals surface area contributed by atoms with E-state index in [0.717, 1.165) is 24.4 Å². The van der Waals surface area contributed by atoms with E-state index < -0.39 is 0 Å². The molecule has 21 heavy (non-hydrogen) atoms. The lowest BCUT2D eigenvalue weighted by Crippen LogP contribution is -2.45. The molecule has 110 valence electrons. The van der Waals surface area contributed by atoms with Crippen molar-refractivity contribution in [3.05, 3.63) is 40.7 Å². The van der Waals surface area contributed by atoms with Gasteiger partial charge in [-0.15, -0.1) is 11.3 Å². The second-order valence-corrected chi connectivity index (χ2v) is 6.47. The number of likely N-dealkylation sites (tertiary alicyclic amines) is 1. The first-order valence-electron chi connectivity index (χ1n) is 7.19. The predicted octanol–water partition coefficient (Wildman–Crippen LogP) is 2.73. The molecule has 0 N–H and O–H groups in total. The van der Waals surface area contributed by atoms with Gasteiger partial charge in [0, 0.05) is 24.7 Å². The Morgan fingerprint density at radius 3 is 3.19 bits per heavy atom. The number of carbonyl (C=O) groups is 1. The van der Waals surface area contributed by atoms with Crippen molar-refractivity contribution in [1.29, 1.82) is 0 Å². The number of aromatic nitrogens is 1. The SMILES string of the molecule is O=C(c1ccco1)N1CC[C@H]2C[C@@H](c3nccs3)O[C@@H]2C1. The molecule has 4 rings (SSSR count). The van der Waals surface area contributed by atoms with Gasteiger partial charge >= 0.3 is 0 Å². The zero-order valence-electron chi connectivity index (χ0n) is 11.5. The van der Waals surface area contributed by atoms with Crippen LogP contribution in [-0.2, 0) is 4.74 Å². The monoisotopic (exact) mass is 304 g/mol. The fourth-order valence-corrected chi connectivity index (χ4v) is 3.91. The maximum absolute atomic E-state index is 12.3. The fourth-order valence-electron chi connectivity index (χ4n) is 3.22. The van der Waals surface area contributed by atoms with Crippen molar-refractivity contribution in [3.8, 4) is 0 Å². The second kappa shape index (κ2) is 5.27. The van der Waals surface area contributed by atoms with Crippen molar-refractivity contribution in [2.45, 2.75) is 25.0 Å². The van der Waals surface area contributed by atoms with E-state index in [2.05, 4.69) is 4.98 Å². The molecule has 0 radical (unpaired) electrons. The number of rotatable bonds is 2. The maximum Gasteiger partial charge on any atom is 0.289 e. The zero-order chi connectivity index (χ0) is 14.2. The Bertz CT molecular complexity index is 611. The van der Waals surface area contributed by atoms with E-state index in [1.807, 2.05) is 16.5 Å². The Kier molecular flexibility index (Phi) is 3.27. The molecule has 0 bridgehead atoms. The molecule has 6 heteroatoms. The molecular weight excluding hydrogens is 288 g/mol. The lowest BCUT2D eigenvalue weighted by Gasteiger charge is -2.33. The van der Waals surface area contributed by atoms with Crippen LogP contribution in [-0.4, -0.2) is 35.0 Å². The van der Waals surface area contributed by atoms with Crippen molar-refractivity contribution in [2.75, 3.05) is 13.1 Å². The van der Waals surface area contributed by atoms with Crippen LogP contribution < -0.4 is 0 Å². The number of thiazole rings is 1. The Hall–Kier alpha value is -1.66. The van der Waals surface area contributed by atoms with Gasteiger partial charge < -0.3 is 14.1 Å². The zero-order valence-corrected chi connectivity index (χ0v) is 12.3. The second-order valence-electron chi connectivity index (χ2n) is 5.55. The molecule has 0 spiro atoms. The van der Waals surface area contributed by atoms with Gasteiger partial charge in [-0.1, -0.05) is 0 Å². The first-order chi connectivity index (χ1) is 10.3. The van der Waals surface area contributed by atoms with Crippen LogP contribution in [0.4, 0.5) is 0 Å². The van der Waals surface area contributed by atoms with Crippen LogP contribution in [0, 0.1) is 5.92 Å². The molecule has 2 saturated heterocycles. The predicted molar refractivity (Wildman–Crippen MR) is 77.1 cm³/mol. The van der Waals surface area contributed by atoms with Gasteiger partial charge in [-0.2, -0.15) is 0 Å². The van der Waals surface area contributed by atoms with Gasteiger partial charge in [-0.3, -0.25) is 4.79 Å². The van der Waals surface area contributed by atoms with E-state index in [4.69, 9.17) is 9.15 Å². The highest BCUT2D eigenvalue weighted by Crippen LogP contribution is 2.41. The van der Waals surface area contributed by atoms with Gasteiger partial charge in [0.1, 0.15) is 11.1 Å². The smallest absolute Gasteiger partial charge is 0.289 e. The average Bonchev–Trinajstić information content (AvgIpc) is 3.24. The van der Waals surface area contributed by atoms with Gasteiger partial charge in [0.05, 0.1) is 12.4 Å². The van der Waals surface area contributed by atoms with Gasteiger partial charge in [0.25, 0.3) is 5.91 Å². The lowest BCUT2D eigenvalue weighted by molar-refractivity contribution is -0.00529. The summed E-state index contributed by atoms with van der Waals surface area (Å²) in [5, 5.41) is 3.03. The van der Waals surface area contributed by atoms with Crippen LogP contribution in [0.3, 0.4) is 0 Å². The van der Waals surface area contributed by atoms with Crippen molar-refractivity contribution < 1.29 is 13.9 Å². The molecule has 4 heterocycles. The first kappa shape index (κ1) is 13.0. The molecule has 0 saturated carbocycles. The summed E-state index contributed by atoms with van der Waals surface area (Å²) in [6.07, 6.45) is 5.56. The maximum atomic E-state index is 12.3. The molecule has 1 amide bonds. The number of amides is 1. The number of hydrogen-bond donors (Lipinski definition) is 0. The Balaban J connectivity index is 1.45. The molecule has 0 unspecified atom stereocenters. The summed E-state index contributed by atoms with van der Waals surface area (Å²) in [5.74, 6) is 0.891. The van der Waals surface area contributed by atoms with E-state index in [1.165, 1.54) is 6.26 Å². The molecule has 5 nitrogen and oxygen atoms in total. The third kappa shape index (κ3) is 2.38. The Morgan fingerprint density at radius 2 is 2.43 bits per heavy atom. The van der Waals surface area contributed by atoms with Crippen LogP contribution in [0.2, 0.25) is 0 Å². The van der Waals surface area contributed by atoms with E-state index in [-0.39, 0.29) is 18.1 Å². The first-order valence-corrected chi connectivity index (χ1v) is 8.07. The van der Waals surface area contributed by atoms with Crippen LogP contribution >= 0.6 is 11.3 Å². The van der Waals surface area contributed by atoms with Crippen LogP contribution in [0.5, 0.6) is 0 Å². The van der Waals surface area contributed by atoms with Crippen LogP contribution in [0.25, 0.3) is 0 Å². The van der Waals surface area contributed by atoms with E-state index in [9.17, 15) is 4.79 Å². The minimum atomic E-state index is -0.0419. The van der Waals surface area contributed by atoms with Gasteiger partial charge in [-0.25, -0.2) is 4.98 Å². The number of carbonyl (C=O) groups excluding carboxylic acids is 1. The third-order valence-electron chi connectivity index (χ3n) is 4.30. The van der Waals surface area contributed by atoms with Crippen molar-refractivity contribution in [2.24, 2.45) is 5.92 Å². The number of nitrogens with zero attached hydrogens (tertiary/aromatic N) is 2. The molecule has 2 aliphatic heterocycles. The summed E-state index contributed by atoms with van der Waals surface area (Å²) in [7, 11) is 0. The van der Waals surface area contributed by atoms with Crippen molar-refractivity contribution in [1.82, 2.24) is 9.88 Å². The normalized spacial score (nSPS) is 28.6. The number of piperidine rings is 1. The summed E-state index contributed by atoms with van der Waals surface area (Å²) in [6.45, 7) is 1.42. The highest BCUT2D eigenvalue weighted by Gasteiger charge is 2.41. The molecule has 0 aromatic carbocycles. The molecular formula is C15H16N2O3S. The highest BCUT2D eigenvalue weighted by molar-refractivity contribution is 7.09. The number of furan rings is 1. The summed E-state index contributed by atoms with van der Waals surface area (Å²) in [5.41, 5.74) is 0. The number of ether oxygens (including phenoxy) is 1. The van der Waals surface area contributed by atoms with Crippen LogP contribution in [0.1, 0.15) is 34.5 Å². The molecule has 2 fully saturated rings. The standard InChI is InChI=1S/C15H16N2O3S/c18-15(11-2-1-6-19-11)17-5-3-10-8-12(20-13(10)9-17)14-16-4-7-21-14/h1-2,4,6-7,10,12-13H,3,5,8-9H2/t10-,12-,13+/m0/s1.